The average Bonchev–Trinajstić information content (AvgIpc) is 3.35. The van der Waals surface area contributed by atoms with Crippen molar-refractivity contribution in [1.82, 2.24) is 19.4 Å². The zero-order valence-electron chi connectivity index (χ0n) is 13.3. The summed E-state index contributed by atoms with van der Waals surface area (Å²) in [5.41, 5.74) is 0.823. The van der Waals surface area contributed by atoms with E-state index < -0.39 is 10.0 Å². The predicted molar refractivity (Wildman–Crippen MR) is 92.6 cm³/mol. The van der Waals surface area contributed by atoms with Crippen LogP contribution in [0.5, 0.6) is 0 Å². The van der Waals surface area contributed by atoms with Crippen LogP contribution < -0.4 is 0 Å². The lowest BCUT2D eigenvalue weighted by Crippen LogP contribution is -2.38. The van der Waals surface area contributed by atoms with Crippen molar-refractivity contribution in [2.75, 3.05) is 13.1 Å². The van der Waals surface area contributed by atoms with Crippen LogP contribution in [-0.2, 0) is 10.0 Å². The van der Waals surface area contributed by atoms with Crippen LogP contribution in [0.15, 0.2) is 50.8 Å². The zero-order chi connectivity index (χ0) is 17.3. The minimum atomic E-state index is -3.45. The molecular weight excluding hydrogens is 360 g/mol. The molecule has 0 N–H and O–H groups in total. The van der Waals surface area contributed by atoms with Crippen LogP contribution in [0, 0.1) is 0 Å². The summed E-state index contributed by atoms with van der Waals surface area (Å²) >= 11 is 1.23. The maximum Gasteiger partial charge on any atom is 0.252 e. The molecule has 4 heterocycles. The largest absolute Gasteiger partial charge is 0.339 e. The minimum absolute atomic E-state index is 0.0911. The van der Waals surface area contributed by atoms with Crippen molar-refractivity contribution in [2.24, 2.45) is 0 Å². The van der Waals surface area contributed by atoms with E-state index in [1.54, 1.807) is 29.9 Å². The van der Waals surface area contributed by atoms with Crippen molar-refractivity contribution in [3.63, 3.8) is 0 Å². The first-order chi connectivity index (χ1) is 12.1. The first-order valence-corrected chi connectivity index (χ1v) is 10.2. The number of hydrogen-bond donors (Lipinski definition) is 0. The second kappa shape index (κ2) is 6.66. The molecule has 1 saturated heterocycles. The van der Waals surface area contributed by atoms with Crippen molar-refractivity contribution in [3.8, 4) is 11.4 Å². The fraction of sp³-hybridized carbons (Fsp3) is 0.312. The van der Waals surface area contributed by atoms with Gasteiger partial charge in [0, 0.05) is 31.0 Å². The van der Waals surface area contributed by atoms with Gasteiger partial charge in [-0.25, -0.2) is 8.42 Å². The number of sulfonamides is 1. The molecule has 1 fully saturated rings. The van der Waals surface area contributed by atoms with E-state index in [0.29, 0.717) is 29.0 Å². The van der Waals surface area contributed by atoms with E-state index in [1.165, 1.54) is 15.6 Å². The molecule has 0 amide bonds. The van der Waals surface area contributed by atoms with Crippen LogP contribution in [0.25, 0.3) is 11.4 Å². The molecule has 0 radical (unpaired) electrons. The van der Waals surface area contributed by atoms with Crippen LogP contribution in [-0.4, -0.2) is 40.9 Å². The van der Waals surface area contributed by atoms with Crippen molar-refractivity contribution >= 4 is 21.4 Å². The number of piperidine rings is 1. The first kappa shape index (κ1) is 16.4. The van der Waals surface area contributed by atoms with Gasteiger partial charge in [-0.15, -0.1) is 11.3 Å². The van der Waals surface area contributed by atoms with Gasteiger partial charge in [0.1, 0.15) is 4.21 Å². The third kappa shape index (κ3) is 3.22. The second-order valence-corrected chi connectivity index (χ2v) is 8.94. The highest BCUT2D eigenvalue weighted by Gasteiger charge is 2.33. The van der Waals surface area contributed by atoms with Gasteiger partial charge in [0.05, 0.1) is 5.92 Å². The quantitative estimate of drug-likeness (QED) is 0.695. The van der Waals surface area contributed by atoms with E-state index in [-0.39, 0.29) is 5.92 Å². The highest BCUT2D eigenvalue weighted by Crippen LogP contribution is 2.31. The molecule has 0 aliphatic carbocycles. The Labute approximate surface area is 149 Å². The monoisotopic (exact) mass is 376 g/mol. The molecular formula is C16H16N4O3S2. The maximum absolute atomic E-state index is 12.7. The van der Waals surface area contributed by atoms with Crippen LogP contribution in [0.1, 0.15) is 24.7 Å². The molecule has 25 heavy (non-hydrogen) atoms. The topological polar surface area (TPSA) is 89.2 Å². The Morgan fingerprint density at radius 1 is 1.24 bits per heavy atom. The SMILES string of the molecule is O=S(=O)(c1cccs1)N1CCCC(c2nc(-c3ccncc3)no2)C1. The first-order valence-electron chi connectivity index (χ1n) is 7.92. The fourth-order valence-electron chi connectivity index (χ4n) is 2.92. The third-order valence-corrected chi connectivity index (χ3v) is 7.44. The number of thiophene rings is 1. The predicted octanol–water partition coefficient (Wildman–Crippen LogP) is 2.76. The molecule has 1 aliphatic heterocycles. The molecule has 0 spiro atoms. The Morgan fingerprint density at radius 3 is 2.84 bits per heavy atom. The van der Waals surface area contributed by atoms with Crippen LogP contribution in [0.4, 0.5) is 0 Å². The second-order valence-electron chi connectivity index (χ2n) is 5.83. The summed E-state index contributed by atoms with van der Waals surface area (Å²) in [5, 5.41) is 5.79. The number of rotatable bonds is 4. The standard InChI is InChI=1S/C16H16N4O3S2/c21-25(22,14-4-2-10-24-14)20-9-1-3-13(11-20)16-18-15(19-23-16)12-5-7-17-8-6-12/h2,4-8,10,13H,1,3,9,11H2. The smallest absolute Gasteiger partial charge is 0.252 e. The summed E-state index contributed by atoms with van der Waals surface area (Å²) in [6.07, 6.45) is 4.93. The van der Waals surface area contributed by atoms with Gasteiger partial charge >= 0.3 is 0 Å². The number of hydrogen-bond acceptors (Lipinski definition) is 7. The highest BCUT2D eigenvalue weighted by atomic mass is 32.2. The van der Waals surface area contributed by atoms with Gasteiger partial charge in [-0.05, 0) is 36.4 Å². The van der Waals surface area contributed by atoms with Crippen molar-refractivity contribution in [2.45, 2.75) is 23.0 Å². The van der Waals surface area contributed by atoms with Crippen LogP contribution in [0.3, 0.4) is 0 Å². The number of pyridine rings is 1. The molecule has 7 nitrogen and oxygen atoms in total. The van der Waals surface area contributed by atoms with Gasteiger partial charge in [0.15, 0.2) is 0 Å². The van der Waals surface area contributed by atoms with E-state index in [0.717, 1.165) is 18.4 Å². The van der Waals surface area contributed by atoms with E-state index >= 15 is 0 Å². The third-order valence-electron chi connectivity index (χ3n) is 4.20. The molecule has 3 aromatic rings. The fourth-order valence-corrected chi connectivity index (χ4v) is 5.59. The van der Waals surface area contributed by atoms with E-state index in [9.17, 15) is 8.42 Å². The van der Waals surface area contributed by atoms with E-state index in [4.69, 9.17) is 4.52 Å². The van der Waals surface area contributed by atoms with Crippen LogP contribution >= 0.6 is 11.3 Å². The highest BCUT2D eigenvalue weighted by molar-refractivity contribution is 7.91. The molecule has 1 unspecified atom stereocenters. The van der Waals surface area contributed by atoms with Gasteiger partial charge in [0.2, 0.25) is 11.7 Å². The van der Waals surface area contributed by atoms with Gasteiger partial charge in [-0.1, -0.05) is 11.2 Å². The van der Waals surface area contributed by atoms with Crippen molar-refractivity contribution < 1.29 is 12.9 Å². The molecule has 9 heteroatoms. The Balaban J connectivity index is 1.55. The van der Waals surface area contributed by atoms with Crippen molar-refractivity contribution in [1.29, 1.82) is 0 Å². The molecule has 0 aromatic carbocycles. The van der Waals surface area contributed by atoms with Gasteiger partial charge < -0.3 is 4.52 Å². The lowest BCUT2D eigenvalue weighted by atomic mass is 10.00. The summed E-state index contributed by atoms with van der Waals surface area (Å²) in [4.78, 5) is 8.43. The normalized spacial score (nSPS) is 19.1. The van der Waals surface area contributed by atoms with E-state index in [2.05, 4.69) is 15.1 Å². The minimum Gasteiger partial charge on any atom is -0.339 e. The number of nitrogens with zero attached hydrogens (tertiary/aromatic N) is 4. The molecule has 3 aromatic heterocycles. The summed E-state index contributed by atoms with van der Waals surface area (Å²) in [6, 6.07) is 7.00. The summed E-state index contributed by atoms with van der Waals surface area (Å²) < 4.78 is 32.7. The Hall–Kier alpha value is -2.10. The lowest BCUT2D eigenvalue weighted by Gasteiger charge is -2.29. The maximum atomic E-state index is 12.7. The Bertz CT molecular complexity index is 939. The zero-order valence-corrected chi connectivity index (χ0v) is 14.9. The lowest BCUT2D eigenvalue weighted by molar-refractivity contribution is 0.266. The summed E-state index contributed by atoms with van der Waals surface area (Å²) in [5.74, 6) is 0.889. The molecule has 1 aliphatic rings. The molecule has 0 bridgehead atoms. The summed E-state index contributed by atoms with van der Waals surface area (Å²) in [6.45, 7) is 0.875. The van der Waals surface area contributed by atoms with Gasteiger partial charge in [-0.3, -0.25) is 4.98 Å². The molecule has 0 saturated carbocycles. The number of aromatic nitrogens is 3. The average molecular weight is 376 g/mol. The van der Waals surface area contributed by atoms with Gasteiger partial charge in [0.25, 0.3) is 10.0 Å². The van der Waals surface area contributed by atoms with E-state index in [1.807, 2.05) is 12.1 Å². The Kier molecular flexibility index (Phi) is 4.36. The molecule has 1 atom stereocenters. The molecule has 130 valence electrons. The van der Waals surface area contributed by atoms with Gasteiger partial charge in [-0.2, -0.15) is 9.29 Å². The van der Waals surface area contributed by atoms with Crippen molar-refractivity contribution in [3.05, 3.63) is 47.9 Å². The molecule has 4 rings (SSSR count). The van der Waals surface area contributed by atoms with Crippen LogP contribution in [0.2, 0.25) is 0 Å². The Morgan fingerprint density at radius 2 is 2.08 bits per heavy atom. The summed E-state index contributed by atoms with van der Waals surface area (Å²) in [7, 11) is -3.45.